The second-order valence-electron chi connectivity index (χ2n) is 3.47. The smallest absolute Gasteiger partial charge is 0.126 e. The largest absolute Gasteiger partial charge is 0.497 e. The molecule has 0 amide bonds. The monoisotopic (exact) mass is 273 g/mol. The van der Waals surface area contributed by atoms with Crippen molar-refractivity contribution in [2.24, 2.45) is 5.73 Å². The van der Waals surface area contributed by atoms with Crippen LogP contribution in [0.15, 0.2) is 16.6 Å². The van der Waals surface area contributed by atoms with Gasteiger partial charge in [0.2, 0.25) is 0 Å². The summed E-state index contributed by atoms with van der Waals surface area (Å²) in [6.45, 7) is 1.97. The minimum atomic E-state index is 0.101. The SMILES string of the molecule is COc1cc(Br)c(C[C@H](C)N)c(OC)c1. The first kappa shape index (κ1) is 12.3. The normalized spacial score (nSPS) is 12.3. The Morgan fingerprint density at radius 2 is 2.00 bits per heavy atom. The van der Waals surface area contributed by atoms with Crippen LogP contribution in [0.25, 0.3) is 0 Å². The lowest BCUT2D eigenvalue weighted by atomic mass is 10.1. The van der Waals surface area contributed by atoms with E-state index in [1.807, 2.05) is 19.1 Å². The number of halogens is 1. The molecular weight excluding hydrogens is 258 g/mol. The van der Waals surface area contributed by atoms with Crippen LogP contribution < -0.4 is 15.2 Å². The molecule has 0 spiro atoms. The molecule has 0 bridgehead atoms. The molecule has 0 heterocycles. The van der Waals surface area contributed by atoms with E-state index in [1.54, 1.807) is 14.2 Å². The van der Waals surface area contributed by atoms with Gasteiger partial charge in [0.05, 0.1) is 14.2 Å². The predicted molar refractivity (Wildman–Crippen MR) is 64.6 cm³/mol. The summed E-state index contributed by atoms with van der Waals surface area (Å²) >= 11 is 3.49. The molecule has 0 saturated heterocycles. The van der Waals surface area contributed by atoms with Crippen molar-refractivity contribution in [3.8, 4) is 11.5 Å². The van der Waals surface area contributed by atoms with Crippen LogP contribution in [0.2, 0.25) is 0 Å². The summed E-state index contributed by atoms with van der Waals surface area (Å²) in [7, 11) is 3.28. The summed E-state index contributed by atoms with van der Waals surface area (Å²) in [5, 5.41) is 0. The Morgan fingerprint density at radius 1 is 1.33 bits per heavy atom. The van der Waals surface area contributed by atoms with E-state index in [1.165, 1.54) is 0 Å². The maximum absolute atomic E-state index is 5.78. The fourth-order valence-corrected chi connectivity index (χ4v) is 1.99. The Bertz CT molecular complexity index is 340. The van der Waals surface area contributed by atoms with Gasteiger partial charge >= 0.3 is 0 Å². The summed E-state index contributed by atoms with van der Waals surface area (Å²) in [4.78, 5) is 0. The van der Waals surface area contributed by atoms with Gasteiger partial charge in [-0.2, -0.15) is 0 Å². The van der Waals surface area contributed by atoms with Crippen molar-refractivity contribution in [2.45, 2.75) is 19.4 Å². The Kier molecular flexibility index (Phi) is 4.42. The molecule has 0 aliphatic rings. The number of benzene rings is 1. The van der Waals surface area contributed by atoms with Gasteiger partial charge in [-0.1, -0.05) is 15.9 Å². The van der Waals surface area contributed by atoms with Gasteiger partial charge in [-0.15, -0.1) is 0 Å². The zero-order valence-corrected chi connectivity index (χ0v) is 10.8. The molecule has 3 nitrogen and oxygen atoms in total. The van der Waals surface area contributed by atoms with Crippen LogP contribution in [0, 0.1) is 0 Å². The Hall–Kier alpha value is -0.740. The molecule has 84 valence electrons. The molecule has 1 aromatic rings. The summed E-state index contributed by atoms with van der Waals surface area (Å²) in [6, 6.07) is 3.88. The number of ether oxygens (including phenoxy) is 2. The zero-order chi connectivity index (χ0) is 11.4. The van der Waals surface area contributed by atoms with E-state index >= 15 is 0 Å². The second kappa shape index (κ2) is 5.37. The van der Waals surface area contributed by atoms with E-state index in [0.717, 1.165) is 28.0 Å². The molecule has 1 rings (SSSR count). The summed E-state index contributed by atoms with van der Waals surface area (Å²) in [5.41, 5.74) is 6.86. The van der Waals surface area contributed by atoms with Crippen LogP contribution in [0.4, 0.5) is 0 Å². The molecule has 0 saturated carbocycles. The van der Waals surface area contributed by atoms with Gasteiger partial charge in [0.15, 0.2) is 0 Å². The summed E-state index contributed by atoms with van der Waals surface area (Å²) < 4.78 is 11.4. The third-order valence-corrected chi connectivity index (χ3v) is 2.82. The predicted octanol–water partition coefficient (Wildman–Crippen LogP) is 2.36. The second-order valence-corrected chi connectivity index (χ2v) is 4.33. The van der Waals surface area contributed by atoms with E-state index in [2.05, 4.69) is 15.9 Å². The molecule has 0 aliphatic carbocycles. The van der Waals surface area contributed by atoms with Gasteiger partial charge < -0.3 is 15.2 Å². The van der Waals surface area contributed by atoms with Crippen molar-refractivity contribution in [1.82, 2.24) is 0 Å². The maximum atomic E-state index is 5.78. The van der Waals surface area contributed by atoms with Crippen LogP contribution in [0.5, 0.6) is 11.5 Å². The number of nitrogens with two attached hydrogens (primary N) is 1. The van der Waals surface area contributed by atoms with Gasteiger partial charge in [-0.05, 0) is 19.4 Å². The van der Waals surface area contributed by atoms with Crippen LogP contribution in [-0.4, -0.2) is 20.3 Å². The molecule has 0 unspecified atom stereocenters. The molecule has 0 aliphatic heterocycles. The van der Waals surface area contributed by atoms with E-state index in [0.29, 0.717) is 0 Å². The fourth-order valence-electron chi connectivity index (χ4n) is 1.41. The summed E-state index contributed by atoms with van der Waals surface area (Å²) in [5.74, 6) is 1.57. The van der Waals surface area contributed by atoms with Crippen molar-refractivity contribution in [1.29, 1.82) is 0 Å². The first-order valence-corrected chi connectivity index (χ1v) is 5.53. The topological polar surface area (TPSA) is 44.5 Å². The van der Waals surface area contributed by atoms with Crippen molar-refractivity contribution in [3.05, 3.63) is 22.2 Å². The molecule has 2 N–H and O–H groups in total. The molecule has 0 radical (unpaired) electrons. The Balaban J connectivity index is 3.12. The van der Waals surface area contributed by atoms with E-state index < -0.39 is 0 Å². The highest BCUT2D eigenvalue weighted by molar-refractivity contribution is 9.10. The van der Waals surface area contributed by atoms with Gasteiger partial charge in [-0.3, -0.25) is 0 Å². The number of rotatable bonds is 4. The number of hydrogen-bond donors (Lipinski definition) is 1. The first-order chi connectivity index (χ1) is 7.08. The zero-order valence-electron chi connectivity index (χ0n) is 9.21. The fraction of sp³-hybridized carbons (Fsp3) is 0.455. The van der Waals surface area contributed by atoms with Crippen LogP contribution in [-0.2, 0) is 6.42 Å². The van der Waals surface area contributed by atoms with Crippen molar-refractivity contribution in [3.63, 3.8) is 0 Å². The molecule has 4 heteroatoms. The average Bonchev–Trinajstić information content (AvgIpc) is 2.20. The highest BCUT2D eigenvalue weighted by Crippen LogP contribution is 2.32. The molecule has 0 aromatic heterocycles. The van der Waals surface area contributed by atoms with Crippen molar-refractivity contribution < 1.29 is 9.47 Å². The van der Waals surface area contributed by atoms with Crippen molar-refractivity contribution >= 4 is 15.9 Å². The quantitative estimate of drug-likeness (QED) is 0.916. The van der Waals surface area contributed by atoms with E-state index in [9.17, 15) is 0 Å². The Labute approximate surface area is 98.7 Å². The first-order valence-electron chi connectivity index (χ1n) is 4.74. The lowest BCUT2D eigenvalue weighted by molar-refractivity contribution is 0.389. The minimum Gasteiger partial charge on any atom is -0.497 e. The van der Waals surface area contributed by atoms with Crippen LogP contribution in [0.3, 0.4) is 0 Å². The molecule has 1 aromatic carbocycles. The van der Waals surface area contributed by atoms with E-state index in [-0.39, 0.29) is 6.04 Å². The van der Waals surface area contributed by atoms with Gasteiger partial charge in [-0.25, -0.2) is 0 Å². The summed E-state index contributed by atoms with van der Waals surface area (Å²) in [6.07, 6.45) is 0.772. The highest BCUT2D eigenvalue weighted by Gasteiger charge is 2.11. The van der Waals surface area contributed by atoms with Gasteiger partial charge in [0.25, 0.3) is 0 Å². The third-order valence-electron chi connectivity index (χ3n) is 2.11. The lowest BCUT2D eigenvalue weighted by Crippen LogP contribution is -2.18. The molecule has 1 atom stereocenters. The molecule has 15 heavy (non-hydrogen) atoms. The average molecular weight is 274 g/mol. The van der Waals surface area contributed by atoms with Gasteiger partial charge in [0, 0.05) is 22.1 Å². The minimum absolute atomic E-state index is 0.101. The molecule has 0 fully saturated rings. The van der Waals surface area contributed by atoms with E-state index in [4.69, 9.17) is 15.2 Å². The van der Waals surface area contributed by atoms with Crippen molar-refractivity contribution in [2.75, 3.05) is 14.2 Å². The lowest BCUT2D eigenvalue weighted by Gasteiger charge is -2.14. The van der Waals surface area contributed by atoms with Crippen LogP contribution >= 0.6 is 15.9 Å². The standard InChI is InChI=1S/C11H16BrNO2/c1-7(13)4-9-10(12)5-8(14-2)6-11(9)15-3/h5-7H,4,13H2,1-3H3/t7-/m0/s1. The third kappa shape index (κ3) is 3.11. The highest BCUT2D eigenvalue weighted by atomic mass is 79.9. The van der Waals surface area contributed by atoms with Crippen LogP contribution in [0.1, 0.15) is 12.5 Å². The Morgan fingerprint density at radius 3 is 2.47 bits per heavy atom. The maximum Gasteiger partial charge on any atom is 0.126 e. The van der Waals surface area contributed by atoms with Gasteiger partial charge in [0.1, 0.15) is 11.5 Å². The number of hydrogen-bond acceptors (Lipinski definition) is 3. The molecular formula is C11H16BrNO2. The number of methoxy groups -OCH3 is 2.